The van der Waals surface area contributed by atoms with E-state index >= 15 is 0 Å². The number of piperazine rings is 1. The summed E-state index contributed by atoms with van der Waals surface area (Å²) in [6.07, 6.45) is 2.43. The van der Waals surface area contributed by atoms with Gasteiger partial charge in [-0.25, -0.2) is 4.99 Å². The first-order valence-corrected chi connectivity index (χ1v) is 6.71. The maximum Gasteiger partial charge on any atom is 0.191 e. The van der Waals surface area contributed by atoms with Crippen molar-refractivity contribution >= 4 is 11.6 Å². The van der Waals surface area contributed by atoms with E-state index in [1.807, 2.05) is 0 Å². The molecule has 1 saturated carbocycles. The molecule has 0 aromatic heterocycles. The number of hydrogen-bond acceptors (Lipinski definition) is 2. The van der Waals surface area contributed by atoms with Gasteiger partial charge < -0.3 is 15.5 Å². The monoisotopic (exact) mass is 244 g/mol. The summed E-state index contributed by atoms with van der Waals surface area (Å²) in [4.78, 5) is 9.12. The molecule has 0 atom stereocenters. The van der Waals surface area contributed by atoms with E-state index in [0.717, 1.165) is 32.1 Å². The van der Waals surface area contributed by atoms with Crippen molar-refractivity contribution in [3.63, 3.8) is 0 Å². The maximum atomic E-state index is 6.03. The zero-order valence-corrected chi connectivity index (χ0v) is 10.6. The van der Waals surface area contributed by atoms with Crippen molar-refractivity contribution in [2.45, 2.75) is 18.9 Å². The second-order valence-electron chi connectivity index (χ2n) is 5.03. The fourth-order valence-corrected chi connectivity index (χ4v) is 2.30. The van der Waals surface area contributed by atoms with Crippen LogP contribution in [0.2, 0.25) is 0 Å². The number of para-hydroxylation sites is 1. The van der Waals surface area contributed by atoms with Gasteiger partial charge in [-0.1, -0.05) is 18.2 Å². The number of nitrogens with zero attached hydrogens (tertiary/aromatic N) is 3. The number of guanidine groups is 1. The molecule has 1 heterocycles. The summed E-state index contributed by atoms with van der Waals surface area (Å²) in [5, 5.41) is 0. The van der Waals surface area contributed by atoms with Crippen LogP contribution in [0, 0.1) is 0 Å². The van der Waals surface area contributed by atoms with Crippen LogP contribution < -0.4 is 10.6 Å². The van der Waals surface area contributed by atoms with Gasteiger partial charge >= 0.3 is 0 Å². The molecular formula is C14H20N4. The summed E-state index contributed by atoms with van der Waals surface area (Å²) >= 11 is 0. The van der Waals surface area contributed by atoms with Crippen molar-refractivity contribution in [1.82, 2.24) is 4.90 Å². The summed E-state index contributed by atoms with van der Waals surface area (Å²) in [6.45, 7) is 3.98. The summed E-state index contributed by atoms with van der Waals surface area (Å²) in [5.41, 5.74) is 7.33. The Hall–Kier alpha value is -1.71. The molecule has 0 spiro atoms. The number of anilines is 1. The van der Waals surface area contributed by atoms with Gasteiger partial charge in [0.15, 0.2) is 5.96 Å². The molecule has 0 bridgehead atoms. The number of benzene rings is 1. The van der Waals surface area contributed by atoms with E-state index in [9.17, 15) is 0 Å². The predicted molar refractivity (Wildman–Crippen MR) is 74.9 cm³/mol. The number of aliphatic imine (C=N–C) groups is 1. The third-order valence-electron chi connectivity index (χ3n) is 3.59. The molecule has 18 heavy (non-hydrogen) atoms. The molecule has 2 aliphatic rings. The molecule has 0 amide bonds. The maximum absolute atomic E-state index is 6.03. The minimum atomic E-state index is 0.511. The first kappa shape index (κ1) is 11.4. The highest BCUT2D eigenvalue weighted by molar-refractivity contribution is 5.78. The molecule has 1 aromatic carbocycles. The fourth-order valence-electron chi connectivity index (χ4n) is 2.30. The van der Waals surface area contributed by atoms with Crippen molar-refractivity contribution in [1.29, 1.82) is 0 Å². The molecule has 96 valence electrons. The predicted octanol–water partition coefficient (Wildman–Crippen LogP) is 1.29. The van der Waals surface area contributed by atoms with Gasteiger partial charge in [0, 0.05) is 31.9 Å². The summed E-state index contributed by atoms with van der Waals surface area (Å²) in [7, 11) is 0. The molecule has 3 rings (SSSR count). The van der Waals surface area contributed by atoms with E-state index in [1.54, 1.807) is 0 Å². The van der Waals surface area contributed by atoms with E-state index in [0.29, 0.717) is 6.04 Å². The van der Waals surface area contributed by atoms with Gasteiger partial charge in [-0.3, -0.25) is 0 Å². The number of hydrogen-bond donors (Lipinski definition) is 1. The first-order valence-electron chi connectivity index (χ1n) is 6.71. The highest BCUT2D eigenvalue weighted by atomic mass is 15.3. The van der Waals surface area contributed by atoms with Gasteiger partial charge in [-0.15, -0.1) is 0 Å². The standard InChI is InChI=1S/C14H20N4/c15-14(16-12-6-7-12)18-10-8-17(9-11-18)13-4-2-1-3-5-13/h1-5,12H,6-11H2,(H2,15,16). The van der Waals surface area contributed by atoms with Crippen molar-refractivity contribution in [2.24, 2.45) is 10.7 Å². The molecule has 1 aliphatic heterocycles. The van der Waals surface area contributed by atoms with Crippen LogP contribution in [0.1, 0.15) is 12.8 Å². The van der Waals surface area contributed by atoms with Crippen molar-refractivity contribution in [3.05, 3.63) is 30.3 Å². The van der Waals surface area contributed by atoms with Crippen molar-refractivity contribution in [3.8, 4) is 0 Å². The molecular weight excluding hydrogens is 224 g/mol. The highest BCUT2D eigenvalue weighted by Crippen LogP contribution is 2.23. The van der Waals surface area contributed by atoms with Gasteiger partial charge in [-0.2, -0.15) is 0 Å². The Morgan fingerprint density at radius 3 is 2.33 bits per heavy atom. The third kappa shape index (κ3) is 2.58. The molecule has 4 heteroatoms. The van der Waals surface area contributed by atoms with Gasteiger partial charge in [0.2, 0.25) is 0 Å². The zero-order chi connectivity index (χ0) is 12.4. The Labute approximate surface area is 108 Å². The summed E-state index contributed by atoms with van der Waals surface area (Å²) in [6, 6.07) is 11.1. The zero-order valence-electron chi connectivity index (χ0n) is 10.6. The Morgan fingerprint density at radius 2 is 1.72 bits per heavy atom. The first-order chi connectivity index (χ1) is 8.83. The molecule has 1 aromatic rings. The van der Waals surface area contributed by atoms with E-state index in [2.05, 4.69) is 45.1 Å². The Morgan fingerprint density at radius 1 is 1.06 bits per heavy atom. The molecule has 4 nitrogen and oxygen atoms in total. The Kier molecular flexibility index (Phi) is 3.09. The largest absolute Gasteiger partial charge is 0.370 e. The van der Waals surface area contributed by atoms with E-state index < -0.39 is 0 Å². The van der Waals surface area contributed by atoms with Crippen molar-refractivity contribution in [2.75, 3.05) is 31.1 Å². The lowest BCUT2D eigenvalue weighted by molar-refractivity contribution is 0.380. The second kappa shape index (κ2) is 4.88. The smallest absolute Gasteiger partial charge is 0.191 e. The van der Waals surface area contributed by atoms with Crippen LogP contribution in [-0.2, 0) is 0 Å². The third-order valence-corrected chi connectivity index (χ3v) is 3.59. The molecule has 0 radical (unpaired) electrons. The van der Waals surface area contributed by atoms with Crippen LogP contribution >= 0.6 is 0 Å². The Balaban J connectivity index is 1.58. The number of nitrogens with two attached hydrogens (primary N) is 1. The lowest BCUT2D eigenvalue weighted by Crippen LogP contribution is -2.51. The van der Waals surface area contributed by atoms with Crippen LogP contribution in [0.25, 0.3) is 0 Å². The quantitative estimate of drug-likeness (QED) is 0.630. The summed E-state index contributed by atoms with van der Waals surface area (Å²) < 4.78 is 0. The van der Waals surface area contributed by atoms with E-state index in [1.165, 1.54) is 18.5 Å². The van der Waals surface area contributed by atoms with Crippen LogP contribution in [0.4, 0.5) is 5.69 Å². The highest BCUT2D eigenvalue weighted by Gasteiger charge is 2.23. The van der Waals surface area contributed by atoms with Gasteiger partial charge in [0.05, 0.1) is 6.04 Å². The average Bonchev–Trinajstić information content (AvgIpc) is 3.24. The van der Waals surface area contributed by atoms with Crippen LogP contribution in [0.3, 0.4) is 0 Å². The topological polar surface area (TPSA) is 44.9 Å². The summed E-state index contributed by atoms with van der Waals surface area (Å²) in [5.74, 6) is 0.741. The molecule has 0 unspecified atom stereocenters. The molecule has 2 fully saturated rings. The molecule has 2 N–H and O–H groups in total. The lowest BCUT2D eigenvalue weighted by Gasteiger charge is -2.36. The van der Waals surface area contributed by atoms with Crippen LogP contribution in [0.15, 0.2) is 35.3 Å². The van der Waals surface area contributed by atoms with E-state index in [4.69, 9.17) is 5.73 Å². The molecule has 1 aliphatic carbocycles. The fraction of sp³-hybridized carbons (Fsp3) is 0.500. The van der Waals surface area contributed by atoms with Crippen LogP contribution in [-0.4, -0.2) is 43.1 Å². The van der Waals surface area contributed by atoms with Gasteiger partial charge in [-0.05, 0) is 25.0 Å². The minimum Gasteiger partial charge on any atom is -0.370 e. The SMILES string of the molecule is NC(=NC1CC1)N1CCN(c2ccccc2)CC1. The molecule has 1 saturated heterocycles. The van der Waals surface area contributed by atoms with Gasteiger partial charge in [0.1, 0.15) is 0 Å². The number of rotatable bonds is 2. The van der Waals surface area contributed by atoms with E-state index in [-0.39, 0.29) is 0 Å². The minimum absolute atomic E-state index is 0.511. The average molecular weight is 244 g/mol. The lowest BCUT2D eigenvalue weighted by atomic mass is 10.2. The second-order valence-corrected chi connectivity index (χ2v) is 5.03. The Bertz CT molecular complexity index is 417. The normalized spacial score (nSPS) is 21.2. The van der Waals surface area contributed by atoms with Crippen molar-refractivity contribution < 1.29 is 0 Å². The van der Waals surface area contributed by atoms with Gasteiger partial charge in [0.25, 0.3) is 0 Å². The van der Waals surface area contributed by atoms with Crippen LogP contribution in [0.5, 0.6) is 0 Å².